The lowest BCUT2D eigenvalue weighted by Crippen LogP contribution is -2.28. The summed E-state index contributed by atoms with van der Waals surface area (Å²) in [4.78, 5) is 0. The Bertz CT molecular complexity index is 274. The van der Waals surface area contributed by atoms with Crippen molar-refractivity contribution in [2.24, 2.45) is 5.92 Å². The third-order valence-electron chi connectivity index (χ3n) is 3.58. The number of allylic oxidation sites excluding steroid dienone is 3. The molecular formula is C14H23NO. The molecule has 0 bridgehead atoms. The molecule has 90 valence electrons. The van der Waals surface area contributed by atoms with Crippen LogP contribution >= 0.6 is 0 Å². The molecule has 0 atom stereocenters. The minimum Gasteiger partial charge on any atom is -0.494 e. The average Bonchev–Trinajstić information content (AvgIpc) is 2.33. The Labute approximate surface area is 98.8 Å². The fraction of sp³-hybridized carbons (Fsp3) is 0.714. The third-order valence-corrected chi connectivity index (χ3v) is 3.58. The van der Waals surface area contributed by atoms with Crippen LogP contribution < -0.4 is 5.32 Å². The molecule has 2 heteroatoms. The summed E-state index contributed by atoms with van der Waals surface area (Å²) in [5.41, 5.74) is 1.32. The Morgan fingerprint density at radius 3 is 2.75 bits per heavy atom. The van der Waals surface area contributed by atoms with Gasteiger partial charge in [-0.05, 0) is 69.7 Å². The van der Waals surface area contributed by atoms with Gasteiger partial charge in [0.15, 0.2) is 0 Å². The number of piperidine rings is 1. The fourth-order valence-electron chi connectivity index (χ4n) is 2.45. The zero-order chi connectivity index (χ0) is 11.2. The quantitative estimate of drug-likeness (QED) is 0.788. The molecule has 2 aliphatic rings. The second-order valence-electron chi connectivity index (χ2n) is 4.86. The van der Waals surface area contributed by atoms with Crippen molar-refractivity contribution >= 4 is 0 Å². The second kappa shape index (κ2) is 6.09. The molecule has 2 rings (SSSR count). The highest BCUT2D eigenvalue weighted by atomic mass is 16.5. The Balaban J connectivity index is 1.67. The first-order chi connectivity index (χ1) is 7.86. The van der Waals surface area contributed by atoms with Crippen LogP contribution in [0.1, 0.15) is 39.0 Å². The third kappa shape index (κ3) is 3.38. The summed E-state index contributed by atoms with van der Waals surface area (Å²) in [5.74, 6) is 2.00. The Morgan fingerprint density at radius 1 is 1.25 bits per heavy atom. The fourth-order valence-corrected chi connectivity index (χ4v) is 2.45. The summed E-state index contributed by atoms with van der Waals surface area (Å²) < 4.78 is 5.87. The van der Waals surface area contributed by atoms with Crippen molar-refractivity contribution in [2.45, 2.75) is 39.0 Å². The summed E-state index contributed by atoms with van der Waals surface area (Å²) in [6.45, 7) is 5.41. The number of hydrogen-bond donors (Lipinski definition) is 1. The lowest BCUT2D eigenvalue weighted by atomic mass is 9.95. The molecule has 1 aliphatic carbocycles. The Hall–Kier alpha value is -0.760. The van der Waals surface area contributed by atoms with E-state index >= 15 is 0 Å². The summed E-state index contributed by atoms with van der Waals surface area (Å²) in [6.07, 6.45) is 10.7. The molecule has 0 aromatic carbocycles. The normalized spacial score (nSPS) is 22.6. The first-order valence-corrected chi connectivity index (χ1v) is 6.57. The second-order valence-corrected chi connectivity index (χ2v) is 4.86. The van der Waals surface area contributed by atoms with Gasteiger partial charge >= 0.3 is 0 Å². The maximum Gasteiger partial charge on any atom is 0.117 e. The molecule has 1 N–H and O–H groups in total. The van der Waals surface area contributed by atoms with Crippen molar-refractivity contribution in [3.63, 3.8) is 0 Å². The van der Waals surface area contributed by atoms with Crippen molar-refractivity contribution < 1.29 is 4.74 Å². The summed E-state index contributed by atoms with van der Waals surface area (Å²) >= 11 is 0. The number of rotatable bonds is 4. The van der Waals surface area contributed by atoms with E-state index < -0.39 is 0 Å². The number of ether oxygens (including phenoxy) is 1. The van der Waals surface area contributed by atoms with Gasteiger partial charge in [0.2, 0.25) is 0 Å². The molecule has 0 radical (unpaired) electrons. The Morgan fingerprint density at radius 2 is 2.00 bits per heavy atom. The predicted octanol–water partition coefficient (Wildman–Crippen LogP) is 3.02. The molecule has 0 spiro atoms. The number of nitrogens with one attached hydrogen (secondary N) is 1. The molecule has 1 saturated heterocycles. The molecule has 0 aromatic heterocycles. The standard InChI is InChI=1S/C14H23NO/c1-12-4-2-3-5-14(12)16-11-8-13-6-9-15-10-7-13/h4-5,13,15H,2-3,6-11H2,1H3. The van der Waals surface area contributed by atoms with Crippen molar-refractivity contribution in [1.82, 2.24) is 5.32 Å². The van der Waals surface area contributed by atoms with Gasteiger partial charge in [-0.15, -0.1) is 0 Å². The van der Waals surface area contributed by atoms with Gasteiger partial charge in [-0.3, -0.25) is 0 Å². The van der Waals surface area contributed by atoms with Crippen molar-refractivity contribution in [1.29, 1.82) is 0 Å². The minimum atomic E-state index is 0.870. The van der Waals surface area contributed by atoms with Gasteiger partial charge in [0.05, 0.1) is 6.61 Å². The highest BCUT2D eigenvalue weighted by Gasteiger charge is 2.13. The summed E-state index contributed by atoms with van der Waals surface area (Å²) in [7, 11) is 0. The monoisotopic (exact) mass is 221 g/mol. The van der Waals surface area contributed by atoms with Gasteiger partial charge < -0.3 is 10.1 Å². The van der Waals surface area contributed by atoms with Crippen LogP contribution in [0.2, 0.25) is 0 Å². The molecule has 1 fully saturated rings. The van der Waals surface area contributed by atoms with Crippen LogP contribution in [0.5, 0.6) is 0 Å². The summed E-state index contributed by atoms with van der Waals surface area (Å²) in [5, 5.41) is 3.40. The van der Waals surface area contributed by atoms with E-state index in [1.807, 2.05) is 0 Å². The van der Waals surface area contributed by atoms with Gasteiger partial charge in [-0.25, -0.2) is 0 Å². The molecule has 1 aliphatic heterocycles. The van der Waals surface area contributed by atoms with Crippen LogP contribution in [0, 0.1) is 5.92 Å². The molecule has 0 aromatic rings. The van der Waals surface area contributed by atoms with Crippen LogP contribution in [-0.2, 0) is 4.74 Å². The lowest BCUT2D eigenvalue weighted by molar-refractivity contribution is 0.183. The first kappa shape index (κ1) is 11.7. The summed E-state index contributed by atoms with van der Waals surface area (Å²) in [6, 6.07) is 0. The molecule has 0 saturated carbocycles. The smallest absolute Gasteiger partial charge is 0.117 e. The van der Waals surface area contributed by atoms with Crippen LogP contribution in [0.25, 0.3) is 0 Å². The number of hydrogen-bond acceptors (Lipinski definition) is 2. The van der Waals surface area contributed by atoms with Gasteiger partial charge in [-0.2, -0.15) is 0 Å². The SMILES string of the molecule is CC1=CCCC=C1OCCC1CCNCC1. The van der Waals surface area contributed by atoms with E-state index in [9.17, 15) is 0 Å². The van der Waals surface area contributed by atoms with Crippen LogP contribution in [0.3, 0.4) is 0 Å². The maximum atomic E-state index is 5.87. The van der Waals surface area contributed by atoms with E-state index in [1.54, 1.807) is 0 Å². The van der Waals surface area contributed by atoms with E-state index in [1.165, 1.54) is 44.3 Å². The van der Waals surface area contributed by atoms with Gasteiger partial charge in [-0.1, -0.05) is 6.08 Å². The first-order valence-electron chi connectivity index (χ1n) is 6.57. The van der Waals surface area contributed by atoms with Crippen LogP contribution in [-0.4, -0.2) is 19.7 Å². The highest BCUT2D eigenvalue weighted by molar-refractivity contribution is 5.26. The zero-order valence-electron chi connectivity index (χ0n) is 10.3. The predicted molar refractivity (Wildman–Crippen MR) is 67.2 cm³/mol. The van der Waals surface area contributed by atoms with Crippen LogP contribution in [0.4, 0.5) is 0 Å². The molecule has 0 unspecified atom stereocenters. The molecule has 16 heavy (non-hydrogen) atoms. The largest absolute Gasteiger partial charge is 0.494 e. The minimum absolute atomic E-state index is 0.870. The Kier molecular flexibility index (Phi) is 4.46. The van der Waals surface area contributed by atoms with Crippen molar-refractivity contribution in [3.05, 3.63) is 23.5 Å². The van der Waals surface area contributed by atoms with E-state index in [4.69, 9.17) is 4.74 Å². The zero-order valence-corrected chi connectivity index (χ0v) is 10.3. The average molecular weight is 221 g/mol. The van der Waals surface area contributed by atoms with E-state index in [0.717, 1.165) is 24.7 Å². The van der Waals surface area contributed by atoms with Crippen molar-refractivity contribution in [2.75, 3.05) is 19.7 Å². The van der Waals surface area contributed by atoms with Gasteiger partial charge in [0.25, 0.3) is 0 Å². The van der Waals surface area contributed by atoms with E-state index in [0.29, 0.717) is 0 Å². The molecule has 0 amide bonds. The topological polar surface area (TPSA) is 21.3 Å². The van der Waals surface area contributed by atoms with E-state index in [-0.39, 0.29) is 0 Å². The molecule has 2 nitrogen and oxygen atoms in total. The van der Waals surface area contributed by atoms with Crippen LogP contribution in [0.15, 0.2) is 23.5 Å². The molecular weight excluding hydrogens is 198 g/mol. The highest BCUT2D eigenvalue weighted by Crippen LogP contribution is 2.21. The van der Waals surface area contributed by atoms with Gasteiger partial charge in [0.1, 0.15) is 5.76 Å². The van der Waals surface area contributed by atoms with E-state index in [2.05, 4.69) is 24.4 Å². The van der Waals surface area contributed by atoms with Crippen molar-refractivity contribution in [3.8, 4) is 0 Å². The maximum absolute atomic E-state index is 5.87. The molecule has 1 heterocycles. The van der Waals surface area contributed by atoms with Gasteiger partial charge in [0, 0.05) is 0 Å². The lowest BCUT2D eigenvalue weighted by Gasteiger charge is -2.23.